The molecule has 1 amide bonds. The van der Waals surface area contributed by atoms with Crippen LogP contribution in [0.2, 0.25) is 5.02 Å². The van der Waals surface area contributed by atoms with E-state index in [1.807, 2.05) is 12.1 Å². The number of aromatic nitrogens is 1. The molecule has 0 spiro atoms. The van der Waals surface area contributed by atoms with Crippen molar-refractivity contribution in [1.29, 1.82) is 0 Å². The van der Waals surface area contributed by atoms with E-state index in [-0.39, 0.29) is 5.69 Å². The first-order valence-corrected chi connectivity index (χ1v) is 7.24. The van der Waals surface area contributed by atoms with Gasteiger partial charge in [-0.2, -0.15) is 0 Å². The van der Waals surface area contributed by atoms with Gasteiger partial charge in [-0.05, 0) is 19.1 Å². The van der Waals surface area contributed by atoms with E-state index in [0.29, 0.717) is 15.8 Å². The van der Waals surface area contributed by atoms with E-state index in [4.69, 9.17) is 16.7 Å². The summed E-state index contributed by atoms with van der Waals surface area (Å²) >= 11 is 7.24. The van der Waals surface area contributed by atoms with Crippen LogP contribution in [0.3, 0.4) is 0 Å². The van der Waals surface area contributed by atoms with Crippen molar-refractivity contribution < 1.29 is 14.7 Å². The maximum Gasteiger partial charge on any atom is 0.325 e. The van der Waals surface area contributed by atoms with Crippen LogP contribution in [0.1, 0.15) is 17.4 Å². The summed E-state index contributed by atoms with van der Waals surface area (Å²) in [6.07, 6.45) is 0. The number of carboxylic acids is 1. The van der Waals surface area contributed by atoms with E-state index < -0.39 is 17.9 Å². The van der Waals surface area contributed by atoms with E-state index in [9.17, 15) is 9.59 Å². The van der Waals surface area contributed by atoms with Gasteiger partial charge in [0.1, 0.15) is 11.7 Å². The quantitative estimate of drug-likeness (QED) is 0.786. The Morgan fingerprint density at radius 3 is 2.76 bits per heavy atom. The van der Waals surface area contributed by atoms with E-state index in [0.717, 1.165) is 0 Å². The van der Waals surface area contributed by atoms with E-state index in [1.165, 1.54) is 18.3 Å². The van der Waals surface area contributed by atoms with Gasteiger partial charge < -0.3 is 15.7 Å². The number of nitrogens with zero attached hydrogens (tertiary/aromatic N) is 1. The Hall–Kier alpha value is -2.12. The average molecular weight is 326 g/mol. The number of rotatable bonds is 5. The Morgan fingerprint density at radius 2 is 2.10 bits per heavy atom. The number of nitrogens with one attached hydrogen (secondary N) is 2. The minimum atomic E-state index is -1.10. The van der Waals surface area contributed by atoms with E-state index in [2.05, 4.69) is 15.6 Å². The lowest BCUT2D eigenvalue weighted by Crippen LogP contribution is -2.38. The molecule has 0 saturated carbocycles. The van der Waals surface area contributed by atoms with Crippen LogP contribution in [0.4, 0.5) is 10.8 Å². The molecule has 21 heavy (non-hydrogen) atoms. The Bertz CT molecular complexity index is 674. The summed E-state index contributed by atoms with van der Waals surface area (Å²) in [5, 5.41) is 16.7. The average Bonchev–Trinajstić information content (AvgIpc) is 2.90. The molecule has 1 aromatic heterocycles. The lowest BCUT2D eigenvalue weighted by Gasteiger charge is -2.07. The van der Waals surface area contributed by atoms with Crippen LogP contribution in [0, 0.1) is 0 Å². The van der Waals surface area contributed by atoms with Crippen LogP contribution in [0.25, 0.3) is 0 Å². The zero-order valence-corrected chi connectivity index (χ0v) is 12.5. The number of halogens is 1. The second-order valence-electron chi connectivity index (χ2n) is 4.18. The standard InChI is InChI=1S/C13H12ClN3O3S/c1-7(12(19)20)15-11(18)10-6-21-13(17-10)16-9-5-3-2-4-8(9)14/h2-7H,1H3,(H,15,18)(H,16,17)(H,19,20). The first-order chi connectivity index (χ1) is 9.97. The number of para-hydroxylation sites is 1. The summed E-state index contributed by atoms with van der Waals surface area (Å²) in [5.41, 5.74) is 0.835. The summed E-state index contributed by atoms with van der Waals surface area (Å²) in [7, 11) is 0. The summed E-state index contributed by atoms with van der Waals surface area (Å²) in [5.74, 6) is -1.64. The fourth-order valence-corrected chi connectivity index (χ4v) is 2.33. The molecule has 8 heteroatoms. The van der Waals surface area contributed by atoms with Crippen molar-refractivity contribution in [2.75, 3.05) is 5.32 Å². The molecule has 1 heterocycles. The van der Waals surface area contributed by atoms with Crippen LogP contribution in [0.15, 0.2) is 29.6 Å². The minimum Gasteiger partial charge on any atom is -0.480 e. The topological polar surface area (TPSA) is 91.3 Å². The predicted octanol–water partition coefficient (Wildman–Crippen LogP) is 2.74. The molecule has 0 aliphatic rings. The smallest absolute Gasteiger partial charge is 0.325 e. The van der Waals surface area contributed by atoms with Gasteiger partial charge in [0.05, 0.1) is 10.7 Å². The zero-order chi connectivity index (χ0) is 15.4. The fourth-order valence-electron chi connectivity index (χ4n) is 1.45. The van der Waals surface area contributed by atoms with Gasteiger partial charge in [-0.3, -0.25) is 9.59 Å². The molecule has 0 saturated heterocycles. The number of carbonyl (C=O) groups excluding carboxylic acids is 1. The van der Waals surface area contributed by atoms with E-state index in [1.54, 1.807) is 17.5 Å². The fraction of sp³-hybridized carbons (Fsp3) is 0.154. The predicted molar refractivity (Wildman–Crippen MR) is 81.4 cm³/mol. The van der Waals surface area contributed by atoms with Crippen LogP contribution in [0.5, 0.6) is 0 Å². The highest BCUT2D eigenvalue weighted by Gasteiger charge is 2.17. The maximum atomic E-state index is 11.8. The van der Waals surface area contributed by atoms with Crippen LogP contribution < -0.4 is 10.6 Å². The molecule has 0 fully saturated rings. The van der Waals surface area contributed by atoms with Crippen LogP contribution in [-0.2, 0) is 4.79 Å². The number of carboxylic acid groups (broad SMARTS) is 1. The third-order valence-electron chi connectivity index (χ3n) is 2.57. The highest BCUT2D eigenvalue weighted by molar-refractivity contribution is 7.14. The first kappa shape index (κ1) is 15.3. The monoisotopic (exact) mass is 325 g/mol. The first-order valence-electron chi connectivity index (χ1n) is 5.98. The SMILES string of the molecule is CC(NC(=O)c1csc(Nc2ccccc2Cl)n1)C(=O)O. The number of thiazole rings is 1. The molecule has 0 bridgehead atoms. The Morgan fingerprint density at radius 1 is 1.38 bits per heavy atom. The van der Waals surface area contributed by atoms with Crippen molar-refractivity contribution >= 4 is 45.6 Å². The van der Waals surface area contributed by atoms with Gasteiger partial charge in [0, 0.05) is 5.38 Å². The number of amides is 1. The molecule has 6 nitrogen and oxygen atoms in total. The molecule has 0 aliphatic heterocycles. The molecule has 0 aliphatic carbocycles. The highest BCUT2D eigenvalue weighted by atomic mass is 35.5. The van der Waals surface area contributed by atoms with Gasteiger partial charge in [0.15, 0.2) is 5.13 Å². The summed E-state index contributed by atoms with van der Waals surface area (Å²) < 4.78 is 0. The minimum absolute atomic E-state index is 0.155. The van der Waals surface area contributed by atoms with Crippen molar-refractivity contribution in [2.45, 2.75) is 13.0 Å². The van der Waals surface area contributed by atoms with Crippen molar-refractivity contribution in [2.24, 2.45) is 0 Å². The second-order valence-corrected chi connectivity index (χ2v) is 5.44. The molecular formula is C13H12ClN3O3S. The lowest BCUT2D eigenvalue weighted by molar-refractivity contribution is -0.138. The third kappa shape index (κ3) is 3.93. The number of anilines is 2. The van der Waals surface area contributed by atoms with Gasteiger partial charge in [-0.1, -0.05) is 23.7 Å². The summed E-state index contributed by atoms with van der Waals surface area (Å²) in [6, 6.07) is 6.18. The highest BCUT2D eigenvalue weighted by Crippen LogP contribution is 2.26. The number of hydrogen-bond acceptors (Lipinski definition) is 5. The molecule has 2 aromatic rings. The molecule has 1 aromatic carbocycles. The lowest BCUT2D eigenvalue weighted by atomic mass is 10.3. The van der Waals surface area contributed by atoms with Crippen LogP contribution in [-0.4, -0.2) is 28.0 Å². The normalized spacial score (nSPS) is 11.7. The number of carbonyl (C=O) groups is 2. The summed E-state index contributed by atoms with van der Waals surface area (Å²) in [6.45, 7) is 1.38. The number of benzene rings is 1. The molecular weight excluding hydrogens is 314 g/mol. The molecule has 110 valence electrons. The molecule has 0 radical (unpaired) electrons. The Balaban J connectivity index is 2.06. The van der Waals surface area contributed by atoms with Crippen molar-refractivity contribution in [1.82, 2.24) is 10.3 Å². The third-order valence-corrected chi connectivity index (χ3v) is 3.66. The summed E-state index contributed by atoms with van der Waals surface area (Å²) in [4.78, 5) is 26.6. The van der Waals surface area contributed by atoms with Gasteiger partial charge in [-0.15, -0.1) is 11.3 Å². The molecule has 1 atom stereocenters. The molecule has 3 N–H and O–H groups in total. The van der Waals surface area contributed by atoms with Gasteiger partial charge >= 0.3 is 5.97 Å². The van der Waals surface area contributed by atoms with Crippen molar-refractivity contribution in [3.8, 4) is 0 Å². The van der Waals surface area contributed by atoms with Crippen molar-refractivity contribution in [3.63, 3.8) is 0 Å². The largest absolute Gasteiger partial charge is 0.480 e. The number of aliphatic carboxylic acids is 1. The maximum absolute atomic E-state index is 11.8. The van der Waals surface area contributed by atoms with Crippen LogP contribution >= 0.6 is 22.9 Å². The number of hydrogen-bond donors (Lipinski definition) is 3. The van der Waals surface area contributed by atoms with Crippen molar-refractivity contribution in [3.05, 3.63) is 40.4 Å². The Labute approximate surface area is 129 Å². The second kappa shape index (κ2) is 6.55. The zero-order valence-electron chi connectivity index (χ0n) is 11.0. The van der Waals surface area contributed by atoms with Gasteiger partial charge in [-0.25, -0.2) is 4.98 Å². The van der Waals surface area contributed by atoms with E-state index >= 15 is 0 Å². The van der Waals surface area contributed by atoms with Gasteiger partial charge in [0.25, 0.3) is 5.91 Å². The molecule has 2 rings (SSSR count). The molecule has 1 unspecified atom stereocenters. The van der Waals surface area contributed by atoms with Gasteiger partial charge in [0.2, 0.25) is 0 Å². The Kier molecular flexibility index (Phi) is 4.77.